The van der Waals surface area contributed by atoms with Crippen molar-refractivity contribution in [3.63, 3.8) is 0 Å². The molecule has 0 aliphatic heterocycles. The molecular weight excluding hydrogens is 194 g/mol. The fourth-order valence-electron chi connectivity index (χ4n) is 2.26. The Morgan fingerprint density at radius 2 is 1.62 bits per heavy atom. The molecular formula is C15H25N. The van der Waals surface area contributed by atoms with E-state index in [9.17, 15) is 0 Å². The van der Waals surface area contributed by atoms with E-state index in [-0.39, 0.29) is 0 Å². The van der Waals surface area contributed by atoms with E-state index in [1.807, 2.05) is 0 Å². The molecule has 0 radical (unpaired) electrons. The number of hydrogen-bond donors (Lipinski definition) is 1. The first-order valence-corrected chi connectivity index (χ1v) is 6.31. The van der Waals surface area contributed by atoms with E-state index in [4.69, 9.17) is 0 Å². The fourth-order valence-corrected chi connectivity index (χ4v) is 2.26. The zero-order valence-corrected chi connectivity index (χ0v) is 11.4. The van der Waals surface area contributed by atoms with Gasteiger partial charge < -0.3 is 5.32 Å². The van der Waals surface area contributed by atoms with Gasteiger partial charge in [0.1, 0.15) is 0 Å². The lowest BCUT2D eigenvalue weighted by Crippen LogP contribution is -2.24. The fraction of sp³-hybridized carbons (Fsp3) is 0.600. The second-order valence-electron chi connectivity index (χ2n) is 5.09. The molecule has 0 heterocycles. The Balaban J connectivity index is 2.54. The van der Waals surface area contributed by atoms with Crippen LogP contribution in [0.4, 0.5) is 0 Å². The Hall–Kier alpha value is -0.820. The Kier molecular flexibility index (Phi) is 5.01. The highest BCUT2D eigenvalue weighted by atomic mass is 14.9. The Bertz CT molecular complexity index is 316. The molecule has 1 aromatic rings. The van der Waals surface area contributed by atoms with Gasteiger partial charge in [0.25, 0.3) is 0 Å². The van der Waals surface area contributed by atoms with Crippen molar-refractivity contribution in [3.8, 4) is 0 Å². The first-order chi connectivity index (χ1) is 7.50. The van der Waals surface area contributed by atoms with Crippen molar-refractivity contribution in [2.24, 2.45) is 0 Å². The van der Waals surface area contributed by atoms with Crippen LogP contribution in [0.25, 0.3) is 0 Å². The zero-order valence-electron chi connectivity index (χ0n) is 11.4. The van der Waals surface area contributed by atoms with E-state index in [2.05, 4.69) is 52.1 Å². The van der Waals surface area contributed by atoms with Crippen LogP contribution in [0.15, 0.2) is 12.1 Å². The van der Waals surface area contributed by atoms with Gasteiger partial charge in [-0.2, -0.15) is 0 Å². The summed E-state index contributed by atoms with van der Waals surface area (Å²) in [6.45, 7) is 12.1. The Morgan fingerprint density at radius 3 is 2.12 bits per heavy atom. The summed E-state index contributed by atoms with van der Waals surface area (Å²) < 4.78 is 0. The maximum atomic E-state index is 3.47. The van der Waals surface area contributed by atoms with Gasteiger partial charge >= 0.3 is 0 Å². The molecule has 1 heteroatoms. The maximum Gasteiger partial charge on any atom is 0.00103 e. The second-order valence-corrected chi connectivity index (χ2v) is 5.09. The minimum Gasteiger partial charge on any atom is -0.315 e. The molecule has 0 bridgehead atoms. The summed E-state index contributed by atoms with van der Waals surface area (Å²) in [5.74, 6) is 0. The highest BCUT2D eigenvalue weighted by Crippen LogP contribution is 2.17. The molecule has 0 fully saturated rings. The molecule has 1 aromatic carbocycles. The topological polar surface area (TPSA) is 12.0 Å². The van der Waals surface area contributed by atoms with Gasteiger partial charge in [-0.05, 0) is 56.8 Å². The van der Waals surface area contributed by atoms with Gasteiger partial charge in [-0.25, -0.2) is 0 Å². The third-order valence-corrected chi connectivity index (χ3v) is 3.00. The molecule has 16 heavy (non-hydrogen) atoms. The summed E-state index contributed by atoms with van der Waals surface area (Å²) in [6.07, 6.45) is 2.42. The molecule has 0 spiro atoms. The van der Waals surface area contributed by atoms with Gasteiger partial charge in [0.05, 0.1) is 0 Å². The van der Waals surface area contributed by atoms with Crippen molar-refractivity contribution < 1.29 is 0 Å². The highest BCUT2D eigenvalue weighted by Gasteiger charge is 2.03. The summed E-state index contributed by atoms with van der Waals surface area (Å²) in [5.41, 5.74) is 5.80. The molecule has 0 saturated carbocycles. The number of nitrogens with one attached hydrogen (secondary N) is 1. The summed E-state index contributed by atoms with van der Waals surface area (Å²) in [6, 6.07) is 5.18. The van der Waals surface area contributed by atoms with Gasteiger partial charge in [0, 0.05) is 6.04 Å². The largest absolute Gasteiger partial charge is 0.315 e. The van der Waals surface area contributed by atoms with E-state index in [1.54, 1.807) is 0 Å². The van der Waals surface area contributed by atoms with Gasteiger partial charge in [-0.1, -0.05) is 31.5 Å². The minimum atomic E-state index is 0.597. The van der Waals surface area contributed by atoms with Crippen molar-refractivity contribution in [2.45, 2.75) is 53.5 Å². The summed E-state index contributed by atoms with van der Waals surface area (Å²) in [5, 5.41) is 3.47. The van der Waals surface area contributed by atoms with Crippen LogP contribution in [0.2, 0.25) is 0 Å². The van der Waals surface area contributed by atoms with Crippen molar-refractivity contribution in [1.82, 2.24) is 5.32 Å². The van der Waals surface area contributed by atoms with Gasteiger partial charge in [-0.3, -0.25) is 0 Å². The molecule has 0 aliphatic rings. The van der Waals surface area contributed by atoms with E-state index >= 15 is 0 Å². The monoisotopic (exact) mass is 219 g/mol. The maximum absolute atomic E-state index is 3.47. The normalized spacial score (nSPS) is 11.1. The zero-order chi connectivity index (χ0) is 12.1. The van der Waals surface area contributed by atoms with Gasteiger partial charge in [0.15, 0.2) is 0 Å². The summed E-state index contributed by atoms with van der Waals surface area (Å²) in [4.78, 5) is 0. The lowest BCUT2D eigenvalue weighted by atomic mass is 9.96. The van der Waals surface area contributed by atoms with Gasteiger partial charge in [-0.15, -0.1) is 0 Å². The number of rotatable bonds is 5. The molecule has 0 atom stereocenters. The van der Waals surface area contributed by atoms with Crippen LogP contribution < -0.4 is 5.32 Å². The smallest absolute Gasteiger partial charge is 0.00103 e. The third kappa shape index (κ3) is 3.97. The van der Waals surface area contributed by atoms with Gasteiger partial charge in [0.2, 0.25) is 0 Å². The third-order valence-electron chi connectivity index (χ3n) is 3.00. The standard InChI is InChI=1S/C15H25N/c1-11(2)16-8-6-7-15-13(4)9-12(3)10-14(15)5/h9-11,16H,6-8H2,1-5H3. The lowest BCUT2D eigenvalue weighted by molar-refractivity contribution is 0.570. The van der Waals surface area contributed by atoms with Crippen LogP contribution in [-0.4, -0.2) is 12.6 Å². The van der Waals surface area contributed by atoms with Crippen LogP contribution in [0.5, 0.6) is 0 Å². The van der Waals surface area contributed by atoms with Crippen molar-refractivity contribution in [2.75, 3.05) is 6.54 Å². The van der Waals surface area contributed by atoms with Crippen LogP contribution in [-0.2, 0) is 6.42 Å². The lowest BCUT2D eigenvalue weighted by Gasteiger charge is -2.12. The number of benzene rings is 1. The molecule has 1 N–H and O–H groups in total. The number of hydrogen-bond acceptors (Lipinski definition) is 1. The summed E-state index contributed by atoms with van der Waals surface area (Å²) >= 11 is 0. The quantitative estimate of drug-likeness (QED) is 0.747. The minimum absolute atomic E-state index is 0.597. The predicted molar refractivity (Wildman–Crippen MR) is 72.1 cm³/mol. The van der Waals surface area contributed by atoms with Crippen LogP contribution in [0.1, 0.15) is 42.5 Å². The highest BCUT2D eigenvalue weighted by molar-refractivity contribution is 5.37. The van der Waals surface area contributed by atoms with E-state index in [0.717, 1.165) is 6.54 Å². The molecule has 0 saturated heterocycles. The van der Waals surface area contributed by atoms with Crippen LogP contribution in [0, 0.1) is 20.8 Å². The van der Waals surface area contributed by atoms with E-state index in [0.29, 0.717) is 6.04 Å². The summed E-state index contributed by atoms with van der Waals surface area (Å²) in [7, 11) is 0. The second kappa shape index (κ2) is 6.05. The van der Waals surface area contributed by atoms with Crippen molar-refractivity contribution in [3.05, 3.63) is 34.4 Å². The first-order valence-electron chi connectivity index (χ1n) is 6.31. The molecule has 0 amide bonds. The molecule has 1 rings (SSSR count). The van der Waals surface area contributed by atoms with Crippen molar-refractivity contribution in [1.29, 1.82) is 0 Å². The Labute approximate surface area is 100 Å². The molecule has 1 nitrogen and oxygen atoms in total. The first kappa shape index (κ1) is 13.2. The van der Waals surface area contributed by atoms with Crippen LogP contribution in [0.3, 0.4) is 0 Å². The average Bonchev–Trinajstić information content (AvgIpc) is 2.14. The van der Waals surface area contributed by atoms with Crippen molar-refractivity contribution >= 4 is 0 Å². The number of aryl methyl sites for hydroxylation is 3. The predicted octanol–water partition coefficient (Wildman–Crippen LogP) is 3.54. The van der Waals surface area contributed by atoms with E-state index < -0.39 is 0 Å². The molecule has 90 valence electrons. The Morgan fingerprint density at radius 1 is 1.06 bits per heavy atom. The molecule has 0 aromatic heterocycles. The van der Waals surface area contributed by atoms with E-state index in [1.165, 1.54) is 35.1 Å². The molecule has 0 aliphatic carbocycles. The SMILES string of the molecule is Cc1cc(C)c(CCCNC(C)C)c(C)c1. The molecule has 0 unspecified atom stereocenters. The average molecular weight is 219 g/mol. The van der Waals surface area contributed by atoms with Crippen LogP contribution >= 0.6 is 0 Å².